The molecule has 0 unspecified atom stereocenters. The molecule has 0 fully saturated rings. The summed E-state index contributed by atoms with van der Waals surface area (Å²) >= 11 is 0. The summed E-state index contributed by atoms with van der Waals surface area (Å²) in [5, 5.41) is 9.21. The molecule has 0 amide bonds. The average molecular weight is 350 g/mol. The molecule has 3 aromatic rings. The van der Waals surface area contributed by atoms with E-state index in [-0.39, 0.29) is 12.2 Å². The van der Waals surface area contributed by atoms with Crippen LogP contribution in [0.3, 0.4) is 0 Å². The van der Waals surface area contributed by atoms with Crippen molar-refractivity contribution < 1.29 is 19.0 Å². The van der Waals surface area contributed by atoms with Gasteiger partial charge in [0.2, 0.25) is 0 Å². The predicted octanol–water partition coefficient (Wildman–Crippen LogP) is 5.01. The summed E-state index contributed by atoms with van der Waals surface area (Å²) in [6, 6.07) is 19.6. The largest absolute Gasteiger partial charge is 0.489 e. The number of halogens is 1. The number of hydrogen-bond donors (Lipinski definition) is 1. The predicted molar refractivity (Wildman–Crippen MR) is 98.7 cm³/mol. The van der Waals surface area contributed by atoms with Crippen molar-refractivity contribution in [2.24, 2.45) is 0 Å². The first-order chi connectivity index (χ1) is 12.5. The van der Waals surface area contributed by atoms with Gasteiger partial charge < -0.3 is 9.84 Å². The van der Waals surface area contributed by atoms with Gasteiger partial charge in [0.15, 0.2) is 0 Å². The summed E-state index contributed by atoms with van der Waals surface area (Å²) in [5.41, 5.74) is 3.53. The first kappa shape index (κ1) is 17.7. The summed E-state index contributed by atoms with van der Waals surface area (Å²) in [7, 11) is 0. The van der Waals surface area contributed by atoms with Gasteiger partial charge in [0.25, 0.3) is 0 Å². The fourth-order valence-corrected chi connectivity index (χ4v) is 2.78. The van der Waals surface area contributed by atoms with Crippen LogP contribution in [0, 0.1) is 12.7 Å². The number of hydrogen-bond acceptors (Lipinski definition) is 2. The van der Waals surface area contributed by atoms with E-state index in [1.54, 1.807) is 30.3 Å². The van der Waals surface area contributed by atoms with Gasteiger partial charge in [-0.15, -0.1) is 0 Å². The maximum atomic E-state index is 14.2. The van der Waals surface area contributed by atoms with E-state index in [1.807, 2.05) is 37.3 Å². The van der Waals surface area contributed by atoms with Crippen LogP contribution in [0.2, 0.25) is 0 Å². The minimum absolute atomic E-state index is 0.189. The third-order valence-electron chi connectivity index (χ3n) is 4.07. The van der Waals surface area contributed by atoms with Gasteiger partial charge in [-0.2, -0.15) is 0 Å². The van der Waals surface area contributed by atoms with E-state index in [4.69, 9.17) is 4.74 Å². The third-order valence-corrected chi connectivity index (χ3v) is 4.07. The Morgan fingerprint density at radius 1 is 1.04 bits per heavy atom. The molecule has 0 aromatic heterocycles. The standard InChI is InChI=1S/C22H19FO3/c1-15-7-9-20(23)19(11-15)17-8-10-21(18(12-17)13-22(24)25)26-14-16-5-3-2-4-6-16/h2-12H,13-14H2,1H3,(H,24,25). The van der Waals surface area contributed by atoms with E-state index in [0.29, 0.717) is 29.0 Å². The molecule has 4 heteroatoms. The lowest BCUT2D eigenvalue weighted by atomic mass is 9.99. The second-order valence-electron chi connectivity index (χ2n) is 6.15. The van der Waals surface area contributed by atoms with Gasteiger partial charge >= 0.3 is 5.97 Å². The van der Waals surface area contributed by atoms with Gasteiger partial charge in [-0.1, -0.05) is 48.0 Å². The topological polar surface area (TPSA) is 46.5 Å². The number of carboxylic acid groups (broad SMARTS) is 1. The summed E-state index contributed by atoms with van der Waals surface area (Å²) < 4.78 is 20.0. The number of carbonyl (C=O) groups is 1. The zero-order valence-electron chi connectivity index (χ0n) is 14.4. The van der Waals surface area contributed by atoms with Crippen molar-refractivity contribution in [1.82, 2.24) is 0 Å². The zero-order valence-corrected chi connectivity index (χ0v) is 14.4. The monoisotopic (exact) mass is 350 g/mol. The molecule has 3 nitrogen and oxygen atoms in total. The molecule has 0 spiro atoms. The van der Waals surface area contributed by atoms with Crippen LogP contribution >= 0.6 is 0 Å². The fourth-order valence-electron chi connectivity index (χ4n) is 2.78. The van der Waals surface area contributed by atoms with Crippen molar-refractivity contribution >= 4 is 5.97 Å². The highest BCUT2D eigenvalue weighted by molar-refractivity contribution is 5.74. The molecular formula is C22H19FO3. The SMILES string of the molecule is Cc1ccc(F)c(-c2ccc(OCc3ccccc3)c(CC(=O)O)c2)c1. The fraction of sp³-hybridized carbons (Fsp3) is 0.136. The normalized spacial score (nSPS) is 10.5. The second kappa shape index (κ2) is 7.83. The van der Waals surface area contributed by atoms with Gasteiger partial charge in [-0.3, -0.25) is 4.79 Å². The van der Waals surface area contributed by atoms with Gasteiger partial charge in [-0.05, 0) is 42.3 Å². The summed E-state index contributed by atoms with van der Waals surface area (Å²) in [5.74, 6) is -0.806. The molecule has 0 aliphatic rings. The second-order valence-corrected chi connectivity index (χ2v) is 6.15. The molecule has 132 valence electrons. The average Bonchev–Trinajstić information content (AvgIpc) is 2.63. The molecule has 0 aliphatic heterocycles. The van der Waals surface area contributed by atoms with Gasteiger partial charge in [0.05, 0.1) is 6.42 Å². The molecule has 1 N–H and O–H groups in total. The smallest absolute Gasteiger partial charge is 0.307 e. The maximum absolute atomic E-state index is 14.2. The molecular weight excluding hydrogens is 331 g/mol. The van der Waals surface area contributed by atoms with E-state index in [9.17, 15) is 14.3 Å². The highest BCUT2D eigenvalue weighted by Gasteiger charge is 2.13. The van der Waals surface area contributed by atoms with E-state index in [1.165, 1.54) is 6.07 Å². The Kier molecular flexibility index (Phi) is 5.32. The molecule has 0 bridgehead atoms. The first-order valence-corrected chi connectivity index (χ1v) is 8.31. The maximum Gasteiger partial charge on any atom is 0.307 e. The minimum atomic E-state index is -0.962. The molecule has 26 heavy (non-hydrogen) atoms. The number of benzene rings is 3. The Labute approximate surface area is 151 Å². The lowest BCUT2D eigenvalue weighted by Crippen LogP contribution is -2.05. The molecule has 0 radical (unpaired) electrons. The highest BCUT2D eigenvalue weighted by Crippen LogP contribution is 2.30. The van der Waals surface area contributed by atoms with Crippen molar-refractivity contribution in [3.05, 3.63) is 89.2 Å². The van der Waals surface area contributed by atoms with E-state index < -0.39 is 5.97 Å². The Bertz CT molecular complexity index is 920. The lowest BCUT2D eigenvalue weighted by molar-refractivity contribution is -0.136. The van der Waals surface area contributed by atoms with Crippen molar-refractivity contribution in [2.75, 3.05) is 0 Å². The van der Waals surface area contributed by atoms with Crippen LogP contribution in [0.4, 0.5) is 4.39 Å². The van der Waals surface area contributed by atoms with Crippen LogP contribution in [0.5, 0.6) is 5.75 Å². The van der Waals surface area contributed by atoms with Gasteiger partial charge in [0, 0.05) is 11.1 Å². The zero-order chi connectivity index (χ0) is 18.5. The molecule has 0 aliphatic carbocycles. The Hall–Kier alpha value is -3.14. The van der Waals surface area contributed by atoms with E-state index in [0.717, 1.165) is 11.1 Å². The van der Waals surface area contributed by atoms with Crippen LogP contribution in [0.15, 0.2) is 66.7 Å². The number of aliphatic carboxylic acids is 1. The van der Waals surface area contributed by atoms with Crippen molar-refractivity contribution in [3.8, 4) is 16.9 Å². The molecule has 0 atom stereocenters. The number of ether oxygens (including phenoxy) is 1. The highest BCUT2D eigenvalue weighted by atomic mass is 19.1. The molecule has 3 rings (SSSR count). The number of carboxylic acids is 1. The molecule has 0 saturated carbocycles. The van der Waals surface area contributed by atoms with E-state index in [2.05, 4.69) is 0 Å². The minimum Gasteiger partial charge on any atom is -0.489 e. The summed E-state index contributed by atoms with van der Waals surface area (Å²) in [4.78, 5) is 11.2. The first-order valence-electron chi connectivity index (χ1n) is 8.31. The Morgan fingerprint density at radius 2 is 1.81 bits per heavy atom. The molecule has 0 heterocycles. The van der Waals surface area contributed by atoms with Crippen LogP contribution in [-0.4, -0.2) is 11.1 Å². The van der Waals surface area contributed by atoms with E-state index >= 15 is 0 Å². The van der Waals surface area contributed by atoms with Crippen molar-refractivity contribution in [1.29, 1.82) is 0 Å². The van der Waals surface area contributed by atoms with Gasteiger partial charge in [-0.25, -0.2) is 4.39 Å². The third kappa shape index (κ3) is 4.28. The number of rotatable bonds is 6. The van der Waals surface area contributed by atoms with Crippen LogP contribution in [0.1, 0.15) is 16.7 Å². The lowest BCUT2D eigenvalue weighted by Gasteiger charge is -2.13. The van der Waals surface area contributed by atoms with Crippen LogP contribution < -0.4 is 4.74 Å². The molecule has 0 saturated heterocycles. The van der Waals surface area contributed by atoms with Crippen LogP contribution in [-0.2, 0) is 17.8 Å². The van der Waals surface area contributed by atoms with Gasteiger partial charge in [0.1, 0.15) is 18.2 Å². The van der Waals surface area contributed by atoms with Crippen molar-refractivity contribution in [2.45, 2.75) is 20.0 Å². The van der Waals surface area contributed by atoms with Crippen molar-refractivity contribution in [3.63, 3.8) is 0 Å². The quantitative estimate of drug-likeness (QED) is 0.680. The Morgan fingerprint density at radius 3 is 2.54 bits per heavy atom. The van der Waals surface area contributed by atoms with Crippen LogP contribution in [0.25, 0.3) is 11.1 Å². The Balaban J connectivity index is 1.92. The summed E-state index contributed by atoms with van der Waals surface area (Å²) in [6.45, 7) is 2.23. The summed E-state index contributed by atoms with van der Waals surface area (Å²) in [6.07, 6.45) is -0.189. The molecule has 3 aromatic carbocycles. The number of aryl methyl sites for hydroxylation is 1.